The van der Waals surface area contributed by atoms with E-state index in [0.717, 1.165) is 94.0 Å². The molecule has 6 saturated carbocycles. The van der Waals surface area contributed by atoms with Crippen molar-refractivity contribution in [1.29, 1.82) is 0 Å². The molecule has 7 N–H and O–H groups in total. The highest BCUT2D eigenvalue weighted by Gasteiger charge is 2.58. The number of aromatic nitrogens is 10. The number of nitrogen functional groups attached to an aromatic ring is 2. The smallest absolute Gasteiger partial charge is 0.327 e. The van der Waals surface area contributed by atoms with Gasteiger partial charge < -0.3 is 41.8 Å². The van der Waals surface area contributed by atoms with E-state index in [-0.39, 0.29) is 47.5 Å². The summed E-state index contributed by atoms with van der Waals surface area (Å²) in [5, 5.41) is 18.5. The fraction of sp³-hybridized carbons (Fsp3) is 0.392. The van der Waals surface area contributed by atoms with Gasteiger partial charge in [-0.25, -0.2) is 43.3 Å². The van der Waals surface area contributed by atoms with Gasteiger partial charge in [0.25, 0.3) is 0 Å². The minimum absolute atomic E-state index is 0.00463. The summed E-state index contributed by atoms with van der Waals surface area (Å²) < 4.78 is 42.8. The first kappa shape index (κ1) is 49.8. The van der Waals surface area contributed by atoms with Gasteiger partial charge in [0.15, 0.2) is 11.6 Å². The zero-order valence-electron chi connectivity index (χ0n) is 41.1. The number of benzene rings is 2. The molecule has 7 heterocycles. The number of carbonyl (C=O) groups excluding carboxylic acids is 2. The fourth-order valence-corrected chi connectivity index (χ4v) is 11.5. The Kier molecular flexibility index (Phi) is 13.3. The Morgan fingerprint density at radius 3 is 1.72 bits per heavy atom. The maximum Gasteiger partial charge on any atom is 0.327 e. The second-order valence-corrected chi connectivity index (χ2v) is 21.1. The zero-order valence-corrected chi connectivity index (χ0v) is 42.6. The van der Waals surface area contributed by atoms with Crippen molar-refractivity contribution >= 4 is 47.2 Å². The SMILES string of the molecule is Cc1cc(Cl)cc(OCCn2cc(F)cn2)c1-c1nc(N)nc2c1CN(C(=O)NC13CC(C1)C3)C2.Cc1cc(Cl)cc(OCCn2cc(F)cn2)c1-c1nc(N)nc2c1CNC2.O=C(NC12CC(C1)C2)n1ccnc1. The maximum atomic E-state index is 13.2. The maximum absolute atomic E-state index is 13.2. The molecule has 24 heteroatoms. The molecule has 390 valence electrons. The van der Waals surface area contributed by atoms with Crippen molar-refractivity contribution < 1.29 is 27.8 Å². The van der Waals surface area contributed by atoms with Crippen molar-refractivity contribution in [2.45, 2.75) is 103 Å². The Bertz CT molecular complexity index is 3300. The molecule has 4 bridgehead atoms. The van der Waals surface area contributed by atoms with E-state index in [2.05, 4.69) is 51.1 Å². The summed E-state index contributed by atoms with van der Waals surface area (Å²) >= 11 is 12.6. The van der Waals surface area contributed by atoms with Gasteiger partial charge in [-0.15, -0.1) is 0 Å². The molecule has 6 aliphatic carbocycles. The highest BCUT2D eigenvalue weighted by molar-refractivity contribution is 6.31. The number of rotatable bonds is 12. The van der Waals surface area contributed by atoms with E-state index in [0.29, 0.717) is 73.1 Å². The van der Waals surface area contributed by atoms with Crippen LogP contribution in [0.2, 0.25) is 10.0 Å². The molecule has 0 saturated heterocycles. The summed E-state index contributed by atoms with van der Waals surface area (Å²) in [4.78, 5) is 47.9. The average molecular weight is 1060 g/mol. The summed E-state index contributed by atoms with van der Waals surface area (Å²) in [6.07, 6.45) is 16.5. The molecule has 15 rings (SSSR count). The van der Waals surface area contributed by atoms with Crippen LogP contribution in [0.4, 0.5) is 30.3 Å². The lowest BCUT2D eigenvalue weighted by Gasteiger charge is -2.61. The quantitative estimate of drug-likeness (QED) is 0.0802. The number of ether oxygens (including phenoxy) is 2. The van der Waals surface area contributed by atoms with Gasteiger partial charge in [-0.1, -0.05) is 23.2 Å². The first-order valence-electron chi connectivity index (χ1n) is 24.7. The van der Waals surface area contributed by atoms with Crippen LogP contribution in [0.15, 0.2) is 67.8 Å². The van der Waals surface area contributed by atoms with E-state index in [1.165, 1.54) is 51.9 Å². The topological polar surface area (TPSA) is 249 Å². The van der Waals surface area contributed by atoms with Crippen LogP contribution in [0.1, 0.15) is 72.2 Å². The number of urea groups is 1. The van der Waals surface area contributed by atoms with Crippen LogP contribution in [0, 0.1) is 37.3 Å². The summed E-state index contributed by atoms with van der Waals surface area (Å²) in [6, 6.07) is 7.04. The van der Waals surface area contributed by atoms with Gasteiger partial charge in [0.1, 0.15) is 31.0 Å². The van der Waals surface area contributed by atoms with Crippen molar-refractivity contribution in [2.75, 3.05) is 24.7 Å². The molecule has 8 aliphatic rings. The van der Waals surface area contributed by atoms with Gasteiger partial charge in [-0.2, -0.15) is 10.2 Å². The van der Waals surface area contributed by atoms with Crippen LogP contribution in [-0.4, -0.2) is 90.3 Å². The van der Waals surface area contributed by atoms with Crippen molar-refractivity contribution in [3.05, 3.63) is 123 Å². The molecule has 3 amide bonds. The van der Waals surface area contributed by atoms with E-state index in [9.17, 15) is 18.4 Å². The van der Waals surface area contributed by atoms with Gasteiger partial charge in [-0.3, -0.25) is 13.9 Å². The van der Waals surface area contributed by atoms with E-state index in [4.69, 9.17) is 44.1 Å². The Morgan fingerprint density at radius 1 is 0.720 bits per heavy atom. The number of hydrogen-bond donors (Lipinski definition) is 5. The van der Waals surface area contributed by atoms with Crippen molar-refractivity contribution in [3.63, 3.8) is 0 Å². The number of nitrogens with zero attached hydrogens (tertiary/aromatic N) is 11. The molecule has 0 spiro atoms. The Morgan fingerprint density at radius 2 is 1.24 bits per heavy atom. The third-order valence-corrected chi connectivity index (χ3v) is 15.1. The largest absolute Gasteiger partial charge is 0.491 e. The van der Waals surface area contributed by atoms with Gasteiger partial charge in [0, 0.05) is 68.9 Å². The van der Waals surface area contributed by atoms with Crippen LogP contribution < -0.4 is 36.9 Å². The number of amides is 3. The number of fused-ring (bicyclic) bond motifs is 2. The predicted molar refractivity (Wildman–Crippen MR) is 273 cm³/mol. The van der Waals surface area contributed by atoms with Gasteiger partial charge in [-0.05, 0) is 99.6 Å². The normalized spacial score (nSPS) is 20.9. The van der Waals surface area contributed by atoms with Crippen LogP contribution in [0.3, 0.4) is 0 Å². The molecular formula is C51H54Cl2F2N16O4. The molecule has 7 aromatic rings. The second-order valence-electron chi connectivity index (χ2n) is 20.3. The first-order valence-corrected chi connectivity index (χ1v) is 25.4. The number of halogens is 4. The number of hydrogen-bond acceptors (Lipinski definition) is 14. The van der Waals surface area contributed by atoms with Crippen molar-refractivity contribution in [3.8, 4) is 34.0 Å². The number of aryl methyl sites for hydroxylation is 2. The lowest BCUT2D eigenvalue weighted by atomic mass is 9.50. The standard InChI is InChI=1S/C24H25ClFN7O2.C18H18ClFN6O.C9H11N3O/c1-13-4-15(25)5-19(35-3-2-33-10-16(26)9-28-33)20(13)21-17-11-32(12-18(17)29-22(27)30-21)23(34)31-24-6-14(7-24)8-24;1-10-4-11(19)5-15(27-3-2-26-9-12(20)6-23-26)16(10)17-13-7-22-8-14(13)24-18(21)25-17;13-8(12-2-1-10-6-12)11-9-3-7(4-9)5-9/h4-5,9-10,14H,2-3,6-8,11-12H2,1H3,(H,31,34)(H2,27,29,30);4-6,9,22H,2-3,7-8H2,1H3,(H2,21,24,25);1-2,6-7H,3-5H2,(H,11,13). The molecule has 75 heavy (non-hydrogen) atoms. The summed E-state index contributed by atoms with van der Waals surface area (Å²) in [6.45, 7) is 7.24. The van der Waals surface area contributed by atoms with Gasteiger partial charge >= 0.3 is 12.1 Å². The molecule has 0 radical (unpaired) electrons. The minimum Gasteiger partial charge on any atom is -0.491 e. The summed E-state index contributed by atoms with van der Waals surface area (Å²) in [5.41, 5.74) is 20.4. The summed E-state index contributed by atoms with van der Waals surface area (Å²) in [7, 11) is 0. The highest BCUT2D eigenvalue weighted by Crippen LogP contribution is 2.57. The number of carbonyl (C=O) groups is 2. The van der Waals surface area contributed by atoms with Gasteiger partial charge in [0.2, 0.25) is 11.9 Å². The molecular weight excluding hydrogens is 1010 g/mol. The van der Waals surface area contributed by atoms with Crippen LogP contribution in [-0.2, 0) is 39.3 Å². The number of nitrogens with two attached hydrogens (primary N) is 2. The van der Waals surface area contributed by atoms with Crippen molar-refractivity contribution in [2.24, 2.45) is 11.8 Å². The predicted octanol–water partition coefficient (Wildman–Crippen LogP) is 7.38. The zero-order chi connectivity index (χ0) is 52.2. The van der Waals surface area contributed by atoms with E-state index < -0.39 is 5.82 Å². The lowest BCUT2D eigenvalue weighted by Crippen LogP contribution is -2.69. The molecule has 5 aromatic heterocycles. The molecule has 6 fully saturated rings. The van der Waals surface area contributed by atoms with Crippen LogP contribution >= 0.6 is 23.2 Å². The lowest BCUT2D eigenvalue weighted by molar-refractivity contribution is -0.0434. The monoisotopic (exact) mass is 1060 g/mol. The van der Waals surface area contributed by atoms with E-state index in [1.54, 1.807) is 29.4 Å². The van der Waals surface area contributed by atoms with E-state index >= 15 is 0 Å². The molecule has 2 aromatic carbocycles. The molecule has 0 atom stereocenters. The van der Waals surface area contributed by atoms with Crippen LogP contribution in [0.5, 0.6) is 11.5 Å². The molecule has 2 aliphatic heterocycles. The van der Waals surface area contributed by atoms with Crippen LogP contribution in [0.25, 0.3) is 22.5 Å². The Hall–Kier alpha value is -7.43. The Balaban J connectivity index is 0.000000132. The number of anilines is 2. The molecule has 20 nitrogen and oxygen atoms in total. The minimum atomic E-state index is -0.404. The second kappa shape index (κ2) is 20.0. The third-order valence-electron chi connectivity index (χ3n) is 14.7. The molecule has 0 unspecified atom stereocenters. The van der Waals surface area contributed by atoms with E-state index in [1.807, 2.05) is 26.0 Å². The Labute approximate surface area is 439 Å². The first-order chi connectivity index (χ1) is 36.1. The number of imidazole rings is 1. The van der Waals surface area contributed by atoms with Gasteiger partial charge in [0.05, 0.1) is 73.7 Å². The summed E-state index contributed by atoms with van der Waals surface area (Å²) in [5.74, 6) is 2.37. The highest BCUT2D eigenvalue weighted by atomic mass is 35.5. The fourth-order valence-electron chi connectivity index (χ4n) is 10.9. The third kappa shape index (κ3) is 10.4. The average Bonchev–Trinajstić information content (AvgIpc) is 4.19. The van der Waals surface area contributed by atoms with Crippen molar-refractivity contribution in [1.82, 2.24) is 69.9 Å². The number of nitrogens with one attached hydrogen (secondary N) is 3.